The van der Waals surface area contributed by atoms with Gasteiger partial charge in [-0.15, -0.1) is 0 Å². The van der Waals surface area contributed by atoms with Crippen molar-refractivity contribution in [3.8, 4) is 11.1 Å². The van der Waals surface area contributed by atoms with Crippen LogP contribution >= 0.6 is 0 Å². The second-order valence-corrected chi connectivity index (χ2v) is 16.0. The zero-order valence-electron chi connectivity index (χ0n) is 29.9. The maximum absolute atomic E-state index is 6.30. The standard InChI is InChI=1S/C49H43NO/c1-31-36(26-27-41-39-16-7-10-18-43(39)48(2,3)47(31)41)32-21-23-34(24-22-32)50(35-25-28-46-42(29-35)40-17-9-12-20-45(40)51-46)49(4)30-33-13-5-6-14-37(33)38-15-8-11-19-44(38)49/h5-25,27-29,31,36,47H,26,30H2,1-4H3. The van der Waals surface area contributed by atoms with E-state index in [-0.39, 0.29) is 11.0 Å². The molecule has 250 valence electrons. The molecular weight excluding hydrogens is 619 g/mol. The Balaban J connectivity index is 1.10. The van der Waals surface area contributed by atoms with Crippen molar-refractivity contribution >= 4 is 38.9 Å². The molecule has 0 bridgehead atoms. The molecule has 0 saturated heterocycles. The molecule has 2 nitrogen and oxygen atoms in total. The molecule has 4 unspecified atom stereocenters. The highest BCUT2D eigenvalue weighted by Gasteiger charge is 2.49. The van der Waals surface area contributed by atoms with Crippen molar-refractivity contribution in [3.63, 3.8) is 0 Å². The third kappa shape index (κ3) is 4.42. The molecule has 0 spiro atoms. The van der Waals surface area contributed by atoms with E-state index in [1.807, 2.05) is 6.07 Å². The normalized spacial score (nSPS) is 22.9. The van der Waals surface area contributed by atoms with Gasteiger partial charge < -0.3 is 9.32 Å². The van der Waals surface area contributed by atoms with Crippen molar-refractivity contribution in [2.24, 2.45) is 11.8 Å². The minimum absolute atomic E-state index is 0.117. The highest BCUT2D eigenvalue weighted by Crippen LogP contribution is 2.59. The van der Waals surface area contributed by atoms with Gasteiger partial charge in [0.1, 0.15) is 11.2 Å². The summed E-state index contributed by atoms with van der Waals surface area (Å²) in [5, 5.41) is 2.30. The lowest BCUT2D eigenvalue weighted by molar-refractivity contribution is 0.259. The van der Waals surface area contributed by atoms with E-state index in [2.05, 4.69) is 172 Å². The SMILES string of the molecule is CC1C(c2ccc(N(c3ccc4oc5ccccc5c4c3)C3(C)Cc4ccccc4-c4ccccc43)cc2)CC=C2c3ccccc3C(C)(C)C21. The van der Waals surface area contributed by atoms with E-state index in [1.165, 1.54) is 50.3 Å². The summed E-state index contributed by atoms with van der Waals surface area (Å²) in [5.74, 6) is 1.52. The summed E-state index contributed by atoms with van der Waals surface area (Å²) in [4.78, 5) is 2.60. The van der Waals surface area contributed by atoms with Crippen LogP contribution in [0.25, 0.3) is 38.6 Å². The molecule has 3 aliphatic rings. The average molecular weight is 662 g/mol. The van der Waals surface area contributed by atoms with Crippen LogP contribution in [-0.2, 0) is 17.4 Å². The van der Waals surface area contributed by atoms with E-state index < -0.39 is 0 Å². The second kappa shape index (κ2) is 11.1. The number of anilines is 2. The molecule has 4 atom stereocenters. The third-order valence-corrected chi connectivity index (χ3v) is 12.8. The maximum atomic E-state index is 6.30. The summed E-state index contributed by atoms with van der Waals surface area (Å²) in [6.45, 7) is 9.84. The van der Waals surface area contributed by atoms with E-state index in [4.69, 9.17) is 4.42 Å². The molecule has 0 N–H and O–H groups in total. The predicted octanol–water partition coefficient (Wildman–Crippen LogP) is 13.0. The van der Waals surface area contributed by atoms with Crippen molar-refractivity contribution in [2.45, 2.75) is 57.4 Å². The number of rotatable bonds is 4. The van der Waals surface area contributed by atoms with E-state index in [9.17, 15) is 0 Å². The maximum Gasteiger partial charge on any atom is 0.135 e. The van der Waals surface area contributed by atoms with Gasteiger partial charge in [0.15, 0.2) is 0 Å². The first-order valence-corrected chi connectivity index (χ1v) is 18.6. The summed E-state index contributed by atoms with van der Waals surface area (Å²) in [5.41, 5.74) is 15.4. The molecule has 1 heterocycles. The molecule has 0 amide bonds. The van der Waals surface area contributed by atoms with E-state index in [0.29, 0.717) is 17.8 Å². The first-order valence-electron chi connectivity index (χ1n) is 18.6. The van der Waals surface area contributed by atoms with Crippen molar-refractivity contribution in [1.29, 1.82) is 0 Å². The summed E-state index contributed by atoms with van der Waals surface area (Å²) < 4.78 is 6.30. The molecule has 51 heavy (non-hydrogen) atoms. The number of hydrogen-bond acceptors (Lipinski definition) is 2. The molecule has 3 aliphatic carbocycles. The van der Waals surface area contributed by atoms with Gasteiger partial charge in [-0.2, -0.15) is 0 Å². The highest BCUT2D eigenvalue weighted by molar-refractivity contribution is 6.06. The number of nitrogens with zero attached hydrogens (tertiary/aromatic N) is 1. The number of fused-ring (bicyclic) bond motifs is 9. The fourth-order valence-electron chi connectivity index (χ4n) is 10.6. The largest absolute Gasteiger partial charge is 0.456 e. The Morgan fingerprint density at radius 2 is 1.25 bits per heavy atom. The molecule has 0 radical (unpaired) electrons. The highest BCUT2D eigenvalue weighted by atomic mass is 16.3. The van der Waals surface area contributed by atoms with Crippen LogP contribution in [-0.4, -0.2) is 0 Å². The van der Waals surface area contributed by atoms with Gasteiger partial charge in [-0.1, -0.05) is 130 Å². The fourth-order valence-corrected chi connectivity index (χ4v) is 10.6. The van der Waals surface area contributed by atoms with E-state index in [1.54, 1.807) is 5.57 Å². The zero-order valence-corrected chi connectivity index (χ0v) is 29.9. The van der Waals surface area contributed by atoms with Crippen LogP contribution in [0.4, 0.5) is 11.4 Å². The molecular formula is C49H43NO. The lowest BCUT2D eigenvalue weighted by atomic mass is 9.63. The Morgan fingerprint density at radius 1 is 0.608 bits per heavy atom. The third-order valence-electron chi connectivity index (χ3n) is 12.8. The van der Waals surface area contributed by atoms with Crippen molar-refractivity contribution in [3.05, 3.63) is 173 Å². The van der Waals surface area contributed by atoms with Crippen LogP contribution in [0.5, 0.6) is 0 Å². The smallest absolute Gasteiger partial charge is 0.135 e. The monoisotopic (exact) mass is 661 g/mol. The molecule has 0 fully saturated rings. The molecule has 6 aromatic carbocycles. The topological polar surface area (TPSA) is 16.4 Å². The Labute approximate surface area is 301 Å². The van der Waals surface area contributed by atoms with E-state index >= 15 is 0 Å². The summed E-state index contributed by atoms with van der Waals surface area (Å²) in [7, 11) is 0. The molecule has 0 aliphatic heterocycles. The minimum Gasteiger partial charge on any atom is -0.456 e. The molecule has 0 saturated carbocycles. The van der Waals surface area contributed by atoms with Crippen LogP contribution in [0, 0.1) is 11.8 Å². The number of benzene rings is 6. The first kappa shape index (κ1) is 30.5. The summed E-state index contributed by atoms with van der Waals surface area (Å²) in [6, 6.07) is 51.9. The Kier molecular flexibility index (Phi) is 6.62. The fraction of sp³-hybridized carbons (Fsp3) is 0.224. The van der Waals surface area contributed by atoms with Gasteiger partial charge >= 0.3 is 0 Å². The zero-order chi connectivity index (χ0) is 34.5. The van der Waals surface area contributed by atoms with Gasteiger partial charge in [0, 0.05) is 28.6 Å². The lowest BCUT2D eigenvalue weighted by Gasteiger charge is -2.47. The van der Waals surface area contributed by atoms with Gasteiger partial charge in [0.25, 0.3) is 0 Å². The van der Waals surface area contributed by atoms with Gasteiger partial charge in [0.05, 0.1) is 5.54 Å². The van der Waals surface area contributed by atoms with Gasteiger partial charge in [-0.05, 0) is 117 Å². The summed E-state index contributed by atoms with van der Waals surface area (Å²) >= 11 is 0. The Hall–Kier alpha value is -5.34. The molecule has 7 aromatic rings. The van der Waals surface area contributed by atoms with Crippen LogP contribution in [0.2, 0.25) is 0 Å². The van der Waals surface area contributed by atoms with Gasteiger partial charge in [-0.3, -0.25) is 0 Å². The number of allylic oxidation sites excluding steroid dienone is 2. The van der Waals surface area contributed by atoms with Crippen molar-refractivity contribution in [2.75, 3.05) is 4.90 Å². The second-order valence-electron chi connectivity index (χ2n) is 16.0. The van der Waals surface area contributed by atoms with Crippen LogP contribution in [0.15, 0.2) is 150 Å². The lowest BCUT2D eigenvalue weighted by Crippen LogP contribution is -2.45. The van der Waals surface area contributed by atoms with Crippen LogP contribution < -0.4 is 4.90 Å². The Morgan fingerprint density at radius 3 is 2.08 bits per heavy atom. The number of para-hydroxylation sites is 1. The van der Waals surface area contributed by atoms with Crippen LogP contribution in [0.1, 0.15) is 67.9 Å². The molecule has 2 heteroatoms. The van der Waals surface area contributed by atoms with Crippen LogP contribution in [0.3, 0.4) is 0 Å². The Bertz CT molecular complexity index is 2510. The van der Waals surface area contributed by atoms with E-state index in [0.717, 1.165) is 34.8 Å². The molecule has 1 aromatic heterocycles. The van der Waals surface area contributed by atoms with Gasteiger partial charge in [-0.25, -0.2) is 0 Å². The minimum atomic E-state index is -0.338. The summed E-state index contributed by atoms with van der Waals surface area (Å²) in [6.07, 6.45) is 4.54. The number of hydrogen-bond donors (Lipinski definition) is 0. The van der Waals surface area contributed by atoms with Crippen molar-refractivity contribution < 1.29 is 4.42 Å². The van der Waals surface area contributed by atoms with Gasteiger partial charge in [0.2, 0.25) is 0 Å². The first-order chi connectivity index (χ1) is 24.8. The quantitative estimate of drug-likeness (QED) is 0.187. The average Bonchev–Trinajstić information content (AvgIpc) is 3.64. The predicted molar refractivity (Wildman–Crippen MR) is 213 cm³/mol. The number of furan rings is 1. The van der Waals surface area contributed by atoms with Crippen molar-refractivity contribution in [1.82, 2.24) is 0 Å². The molecule has 10 rings (SSSR count).